The van der Waals surface area contributed by atoms with Gasteiger partial charge in [-0.1, -0.05) is 60.7 Å². The third-order valence-corrected chi connectivity index (χ3v) is 5.34. The van der Waals surface area contributed by atoms with Crippen molar-refractivity contribution in [3.63, 3.8) is 0 Å². The molecule has 2 aromatic carbocycles. The van der Waals surface area contributed by atoms with Crippen LogP contribution < -0.4 is 5.32 Å². The molecule has 0 saturated heterocycles. The quantitative estimate of drug-likeness (QED) is 0.382. The van der Waals surface area contributed by atoms with Gasteiger partial charge in [0.1, 0.15) is 6.10 Å². The normalized spacial score (nSPS) is 11.8. The average molecular weight is 367 g/mol. The lowest BCUT2D eigenvalue weighted by Crippen LogP contribution is -2.23. The van der Waals surface area contributed by atoms with E-state index < -0.39 is 9.15 Å². The Morgan fingerprint density at radius 1 is 0.958 bits per heavy atom. The highest BCUT2D eigenvalue weighted by Gasteiger charge is 2.13. The molecule has 5 nitrogen and oxygen atoms in total. The van der Waals surface area contributed by atoms with Crippen molar-refractivity contribution in [2.75, 3.05) is 25.4 Å². The highest BCUT2D eigenvalue weighted by atomic mass is 33.1. The Labute approximate surface area is 146 Å². The van der Waals surface area contributed by atoms with Crippen LogP contribution in [0.3, 0.4) is 0 Å². The van der Waals surface area contributed by atoms with Gasteiger partial charge < -0.3 is 10.1 Å². The molecule has 7 heteroatoms. The summed E-state index contributed by atoms with van der Waals surface area (Å²) in [5.74, 6) is 0.291. The first-order valence-electron chi connectivity index (χ1n) is 7.60. The molecule has 0 bridgehead atoms. The zero-order valence-corrected chi connectivity index (χ0v) is 14.8. The van der Waals surface area contributed by atoms with E-state index in [2.05, 4.69) is 5.32 Å². The molecule has 0 aliphatic heterocycles. The van der Waals surface area contributed by atoms with E-state index in [4.69, 9.17) is 9.29 Å². The van der Waals surface area contributed by atoms with Crippen molar-refractivity contribution in [1.82, 2.24) is 5.32 Å². The number of benzene rings is 2. The first-order valence-corrected chi connectivity index (χ1v) is 10.5. The molecule has 0 aliphatic rings. The molecule has 0 unspecified atom stereocenters. The summed E-state index contributed by atoms with van der Waals surface area (Å²) in [7, 11) is -3.44. The number of hydrogen-bond donors (Lipinski definition) is 2. The zero-order chi connectivity index (χ0) is 17.3. The number of rotatable bonds is 10. The van der Waals surface area contributed by atoms with Crippen molar-refractivity contribution in [3.05, 3.63) is 71.8 Å². The smallest absolute Gasteiger partial charge is 0.319 e. The van der Waals surface area contributed by atoms with Crippen molar-refractivity contribution in [3.8, 4) is 0 Å². The lowest BCUT2D eigenvalue weighted by Gasteiger charge is -2.19. The van der Waals surface area contributed by atoms with Crippen molar-refractivity contribution in [2.45, 2.75) is 6.10 Å². The fraction of sp³-hybridized carbons (Fsp3) is 0.294. The van der Waals surface area contributed by atoms with E-state index in [9.17, 15) is 8.42 Å². The van der Waals surface area contributed by atoms with Crippen molar-refractivity contribution in [2.24, 2.45) is 0 Å². The molecule has 2 N–H and O–H groups in total. The first-order chi connectivity index (χ1) is 11.6. The molecule has 0 heterocycles. The van der Waals surface area contributed by atoms with Crippen LogP contribution in [0.4, 0.5) is 0 Å². The minimum absolute atomic E-state index is 0.138. The third-order valence-electron chi connectivity index (χ3n) is 3.28. The van der Waals surface area contributed by atoms with Crippen molar-refractivity contribution in [1.29, 1.82) is 0 Å². The Morgan fingerprint density at radius 2 is 1.50 bits per heavy atom. The predicted molar refractivity (Wildman–Crippen MR) is 97.6 cm³/mol. The molecular weight excluding hydrogens is 346 g/mol. The van der Waals surface area contributed by atoms with E-state index in [1.807, 2.05) is 60.7 Å². The van der Waals surface area contributed by atoms with E-state index in [0.717, 1.165) is 11.1 Å². The summed E-state index contributed by atoms with van der Waals surface area (Å²) in [4.78, 5) is 0. The van der Waals surface area contributed by atoms with Crippen LogP contribution in [0, 0.1) is 0 Å². The summed E-state index contributed by atoms with van der Waals surface area (Å²) >= 11 is 0. The Hall–Kier alpha value is -1.38. The van der Waals surface area contributed by atoms with Gasteiger partial charge in [0.25, 0.3) is 0 Å². The Bertz CT molecular complexity index is 654. The molecule has 0 spiro atoms. The van der Waals surface area contributed by atoms with Crippen LogP contribution in [0.1, 0.15) is 17.2 Å². The number of hydrogen-bond acceptors (Lipinski definition) is 5. The van der Waals surface area contributed by atoms with Gasteiger partial charge in [0.2, 0.25) is 0 Å². The van der Waals surface area contributed by atoms with Crippen LogP contribution in [0.2, 0.25) is 0 Å². The van der Waals surface area contributed by atoms with Gasteiger partial charge in [0.15, 0.2) is 0 Å². The SMILES string of the molecule is O=S(=O)(O)SCCNCCOC(c1ccccc1)c1ccccc1. The molecule has 0 radical (unpaired) electrons. The van der Waals surface area contributed by atoms with E-state index >= 15 is 0 Å². The number of nitrogens with one attached hydrogen (secondary N) is 1. The molecule has 2 rings (SSSR count). The van der Waals surface area contributed by atoms with E-state index in [0.29, 0.717) is 36.2 Å². The summed E-state index contributed by atoms with van der Waals surface area (Å²) in [5, 5.41) is 3.09. The second kappa shape index (κ2) is 9.80. The number of ether oxygens (including phenoxy) is 1. The highest BCUT2D eigenvalue weighted by Crippen LogP contribution is 2.25. The van der Waals surface area contributed by atoms with Crippen LogP contribution in [0.25, 0.3) is 0 Å². The van der Waals surface area contributed by atoms with Gasteiger partial charge in [-0.2, -0.15) is 8.42 Å². The van der Waals surface area contributed by atoms with E-state index in [1.165, 1.54) is 0 Å². The molecule has 0 aliphatic carbocycles. The van der Waals surface area contributed by atoms with Gasteiger partial charge in [0.05, 0.1) is 6.61 Å². The molecule has 0 saturated carbocycles. The van der Waals surface area contributed by atoms with Gasteiger partial charge in [-0.3, -0.25) is 4.55 Å². The summed E-state index contributed by atoms with van der Waals surface area (Å²) in [5.41, 5.74) is 2.18. The lowest BCUT2D eigenvalue weighted by atomic mass is 10.0. The Morgan fingerprint density at radius 3 is 2.00 bits per heavy atom. The molecule has 130 valence electrons. The monoisotopic (exact) mass is 367 g/mol. The van der Waals surface area contributed by atoms with Gasteiger partial charge in [-0.05, 0) is 21.9 Å². The molecule has 0 aromatic heterocycles. The van der Waals surface area contributed by atoms with Crippen molar-refractivity contribution >= 4 is 19.9 Å². The molecule has 24 heavy (non-hydrogen) atoms. The Kier molecular flexibility index (Phi) is 7.74. The zero-order valence-electron chi connectivity index (χ0n) is 13.2. The van der Waals surface area contributed by atoms with Crippen LogP contribution >= 0.6 is 10.8 Å². The van der Waals surface area contributed by atoms with E-state index in [-0.39, 0.29) is 6.10 Å². The highest BCUT2D eigenvalue weighted by molar-refractivity contribution is 8.69. The lowest BCUT2D eigenvalue weighted by molar-refractivity contribution is 0.0824. The third kappa shape index (κ3) is 7.02. The van der Waals surface area contributed by atoms with Gasteiger partial charge in [-0.15, -0.1) is 0 Å². The van der Waals surface area contributed by atoms with Crippen molar-refractivity contribution < 1.29 is 17.7 Å². The average Bonchev–Trinajstić information content (AvgIpc) is 2.58. The first kappa shape index (κ1) is 19.0. The molecule has 2 aromatic rings. The fourth-order valence-corrected chi connectivity index (χ4v) is 3.55. The molecule has 0 fully saturated rings. The maximum Gasteiger partial charge on any atom is 0.319 e. The van der Waals surface area contributed by atoms with Gasteiger partial charge in [0, 0.05) is 18.8 Å². The topological polar surface area (TPSA) is 75.6 Å². The minimum atomic E-state index is -3.96. The van der Waals surface area contributed by atoms with Crippen LogP contribution in [0.5, 0.6) is 0 Å². The maximum absolute atomic E-state index is 10.6. The summed E-state index contributed by atoms with van der Waals surface area (Å²) in [6.07, 6.45) is -0.138. The Balaban J connectivity index is 1.82. The van der Waals surface area contributed by atoms with Crippen LogP contribution in [-0.2, 0) is 13.9 Å². The second-order valence-corrected chi connectivity index (χ2v) is 8.54. The van der Waals surface area contributed by atoms with Crippen LogP contribution in [0.15, 0.2) is 60.7 Å². The molecule has 0 amide bonds. The summed E-state index contributed by atoms with van der Waals surface area (Å²) in [6.45, 7) is 1.57. The summed E-state index contributed by atoms with van der Waals surface area (Å²) in [6, 6.07) is 20.0. The van der Waals surface area contributed by atoms with Gasteiger partial charge in [-0.25, -0.2) is 0 Å². The molecular formula is C17H21NO4S2. The fourth-order valence-electron chi connectivity index (χ4n) is 2.23. The largest absolute Gasteiger partial charge is 0.367 e. The second-order valence-electron chi connectivity index (χ2n) is 5.07. The van der Waals surface area contributed by atoms with Crippen LogP contribution in [-0.4, -0.2) is 38.4 Å². The molecule has 0 atom stereocenters. The summed E-state index contributed by atoms with van der Waals surface area (Å²) < 4.78 is 35.8. The minimum Gasteiger partial charge on any atom is -0.367 e. The van der Waals surface area contributed by atoms with Gasteiger partial charge >= 0.3 is 9.15 Å². The maximum atomic E-state index is 10.6. The standard InChI is InChI=1S/C17H21NO4S2/c19-24(20,21)23-14-12-18-11-13-22-17(15-7-3-1-4-8-15)16-9-5-2-6-10-16/h1-10,17-18H,11-14H2,(H,19,20,21). The predicted octanol–water partition coefficient (Wildman–Crippen LogP) is 2.92. The van der Waals surface area contributed by atoms with E-state index in [1.54, 1.807) is 0 Å².